The summed E-state index contributed by atoms with van der Waals surface area (Å²) in [6.45, 7) is 7.94. The van der Waals surface area contributed by atoms with Gasteiger partial charge in [0.15, 0.2) is 0 Å². The molecule has 2 rings (SSSR count). The first kappa shape index (κ1) is 16.7. The molecule has 0 amide bonds. The summed E-state index contributed by atoms with van der Waals surface area (Å²) in [6, 6.07) is 2.07. The Morgan fingerprint density at radius 2 is 1.85 bits per heavy atom. The van der Waals surface area contributed by atoms with Gasteiger partial charge in [-0.05, 0) is 18.9 Å². The summed E-state index contributed by atoms with van der Waals surface area (Å²) in [5.74, 6) is 0. The highest BCUT2D eigenvalue weighted by Crippen LogP contribution is 2.00. The van der Waals surface area contributed by atoms with E-state index >= 15 is 0 Å². The molecule has 0 atom stereocenters. The van der Waals surface area contributed by atoms with Gasteiger partial charge in [-0.2, -0.15) is 10.2 Å². The topological polar surface area (TPSA) is 47.7 Å². The Bertz CT molecular complexity index is 447. The second-order valence-electron chi connectivity index (χ2n) is 4.79. The summed E-state index contributed by atoms with van der Waals surface area (Å²) >= 11 is 0. The molecule has 0 spiro atoms. The maximum absolute atomic E-state index is 4.50. The van der Waals surface area contributed by atoms with Crippen molar-refractivity contribution < 1.29 is 0 Å². The van der Waals surface area contributed by atoms with Crippen molar-refractivity contribution in [1.82, 2.24) is 24.9 Å². The van der Waals surface area contributed by atoms with E-state index in [0.29, 0.717) is 0 Å². The molecule has 20 heavy (non-hydrogen) atoms. The van der Waals surface area contributed by atoms with E-state index in [0.717, 1.165) is 44.7 Å². The average Bonchev–Trinajstić information content (AvgIpc) is 3.01. The maximum Gasteiger partial charge on any atom is 0.0762 e. The van der Waals surface area contributed by atoms with Crippen molar-refractivity contribution in [1.29, 1.82) is 0 Å². The second-order valence-corrected chi connectivity index (χ2v) is 4.79. The number of halogens is 1. The van der Waals surface area contributed by atoms with Crippen molar-refractivity contribution in [2.24, 2.45) is 0 Å². The van der Waals surface area contributed by atoms with Crippen LogP contribution < -0.4 is 5.32 Å². The van der Waals surface area contributed by atoms with Gasteiger partial charge in [0.1, 0.15) is 0 Å². The first-order valence-corrected chi connectivity index (χ1v) is 7.06. The van der Waals surface area contributed by atoms with Gasteiger partial charge in [0.2, 0.25) is 0 Å². The van der Waals surface area contributed by atoms with Crippen LogP contribution in [0, 0.1) is 0 Å². The molecule has 0 aromatic carbocycles. The molecule has 2 aromatic rings. The van der Waals surface area contributed by atoms with Crippen LogP contribution in [-0.4, -0.2) is 19.6 Å². The van der Waals surface area contributed by atoms with Crippen molar-refractivity contribution in [3.05, 3.63) is 35.9 Å². The lowest BCUT2D eigenvalue weighted by Crippen LogP contribution is -2.13. The highest BCUT2D eigenvalue weighted by atomic mass is 35.5. The van der Waals surface area contributed by atoms with Crippen LogP contribution in [0.5, 0.6) is 0 Å². The van der Waals surface area contributed by atoms with Gasteiger partial charge in [0.05, 0.1) is 11.9 Å². The Labute approximate surface area is 126 Å². The lowest BCUT2D eigenvalue weighted by atomic mass is 10.3. The molecule has 0 fully saturated rings. The van der Waals surface area contributed by atoms with E-state index in [1.165, 1.54) is 5.56 Å². The Balaban J connectivity index is 0.00000200. The molecular weight excluding hydrogens is 274 g/mol. The van der Waals surface area contributed by atoms with Crippen LogP contribution in [0.3, 0.4) is 0 Å². The number of rotatable bonds is 8. The molecule has 112 valence electrons. The summed E-state index contributed by atoms with van der Waals surface area (Å²) in [5.41, 5.74) is 2.32. The molecule has 2 heterocycles. The molecule has 0 aliphatic rings. The maximum atomic E-state index is 4.50. The standard InChI is InChI=1S/C14H23N5.ClH/c1-3-6-18-8-5-14(17-18)11-15-9-13-10-16-19(12-13)7-4-2;/h5,8,10,12,15H,3-4,6-7,9,11H2,1-2H3;1H. The van der Waals surface area contributed by atoms with Crippen molar-refractivity contribution in [3.8, 4) is 0 Å². The van der Waals surface area contributed by atoms with Crippen LogP contribution in [0.15, 0.2) is 24.7 Å². The minimum Gasteiger partial charge on any atom is -0.307 e. The molecule has 1 N–H and O–H groups in total. The summed E-state index contributed by atoms with van der Waals surface area (Å²) in [7, 11) is 0. The smallest absolute Gasteiger partial charge is 0.0762 e. The molecule has 0 saturated heterocycles. The minimum atomic E-state index is 0. The van der Waals surface area contributed by atoms with Crippen LogP contribution in [0.25, 0.3) is 0 Å². The molecule has 0 bridgehead atoms. The summed E-state index contributed by atoms with van der Waals surface area (Å²) in [6.07, 6.45) is 8.30. The zero-order chi connectivity index (χ0) is 13.5. The van der Waals surface area contributed by atoms with Gasteiger partial charge in [0, 0.05) is 44.1 Å². The van der Waals surface area contributed by atoms with Gasteiger partial charge in [-0.3, -0.25) is 9.36 Å². The molecule has 0 unspecified atom stereocenters. The quantitative estimate of drug-likeness (QED) is 0.815. The second kappa shape index (κ2) is 8.76. The van der Waals surface area contributed by atoms with Crippen molar-refractivity contribution >= 4 is 12.4 Å². The SMILES string of the molecule is CCCn1cc(CNCc2ccn(CCC)n2)cn1.Cl. The summed E-state index contributed by atoms with van der Waals surface area (Å²) < 4.78 is 3.99. The number of aromatic nitrogens is 4. The first-order valence-electron chi connectivity index (χ1n) is 7.06. The predicted octanol–water partition coefficient (Wildman–Crippen LogP) is 2.61. The summed E-state index contributed by atoms with van der Waals surface area (Å²) in [4.78, 5) is 0. The fourth-order valence-electron chi connectivity index (χ4n) is 2.04. The van der Waals surface area contributed by atoms with Crippen molar-refractivity contribution in [2.45, 2.75) is 52.9 Å². The zero-order valence-corrected chi connectivity index (χ0v) is 13.1. The Morgan fingerprint density at radius 1 is 1.10 bits per heavy atom. The van der Waals surface area contributed by atoms with E-state index in [9.17, 15) is 0 Å². The van der Waals surface area contributed by atoms with E-state index in [1.54, 1.807) is 0 Å². The van der Waals surface area contributed by atoms with Crippen molar-refractivity contribution in [2.75, 3.05) is 0 Å². The minimum absolute atomic E-state index is 0. The molecule has 0 aliphatic heterocycles. The van der Waals surface area contributed by atoms with E-state index in [-0.39, 0.29) is 12.4 Å². The molecule has 5 nitrogen and oxygen atoms in total. The Morgan fingerprint density at radius 3 is 2.60 bits per heavy atom. The largest absolute Gasteiger partial charge is 0.307 e. The van der Waals surface area contributed by atoms with Crippen LogP contribution in [0.2, 0.25) is 0 Å². The van der Waals surface area contributed by atoms with Gasteiger partial charge < -0.3 is 5.32 Å². The monoisotopic (exact) mass is 297 g/mol. The van der Waals surface area contributed by atoms with Gasteiger partial charge >= 0.3 is 0 Å². The highest BCUT2D eigenvalue weighted by molar-refractivity contribution is 5.85. The van der Waals surface area contributed by atoms with Crippen LogP contribution in [0.4, 0.5) is 0 Å². The van der Waals surface area contributed by atoms with Crippen LogP contribution in [-0.2, 0) is 26.2 Å². The van der Waals surface area contributed by atoms with E-state index in [4.69, 9.17) is 0 Å². The lowest BCUT2D eigenvalue weighted by Gasteiger charge is -2.00. The van der Waals surface area contributed by atoms with Gasteiger partial charge in [-0.25, -0.2) is 0 Å². The number of nitrogens with one attached hydrogen (secondary N) is 1. The fraction of sp³-hybridized carbons (Fsp3) is 0.571. The van der Waals surface area contributed by atoms with Gasteiger partial charge in [0.25, 0.3) is 0 Å². The zero-order valence-electron chi connectivity index (χ0n) is 12.2. The van der Waals surface area contributed by atoms with E-state index in [1.807, 2.05) is 21.8 Å². The lowest BCUT2D eigenvalue weighted by molar-refractivity contribution is 0.581. The molecule has 6 heteroatoms. The number of nitrogens with zero attached hydrogens (tertiary/aromatic N) is 4. The fourth-order valence-corrected chi connectivity index (χ4v) is 2.04. The highest BCUT2D eigenvalue weighted by Gasteiger charge is 2.00. The molecule has 2 aromatic heterocycles. The van der Waals surface area contributed by atoms with Crippen molar-refractivity contribution in [3.63, 3.8) is 0 Å². The van der Waals surface area contributed by atoms with E-state index < -0.39 is 0 Å². The Kier molecular flexibility index (Phi) is 7.33. The molecule has 0 aliphatic carbocycles. The molecule has 0 radical (unpaired) electrons. The summed E-state index contributed by atoms with van der Waals surface area (Å²) in [5, 5.41) is 12.2. The van der Waals surface area contributed by atoms with Crippen LogP contribution >= 0.6 is 12.4 Å². The normalized spacial score (nSPS) is 10.5. The predicted molar refractivity (Wildman–Crippen MR) is 82.8 cm³/mol. The molecular formula is C14H24ClN5. The van der Waals surface area contributed by atoms with Crippen LogP contribution in [0.1, 0.15) is 37.9 Å². The Hall–Kier alpha value is -1.33. The van der Waals surface area contributed by atoms with Gasteiger partial charge in [-0.15, -0.1) is 12.4 Å². The first-order chi connectivity index (χ1) is 9.31. The number of hydrogen-bond donors (Lipinski definition) is 1. The van der Waals surface area contributed by atoms with E-state index in [2.05, 4.69) is 41.6 Å². The average molecular weight is 298 g/mol. The number of hydrogen-bond acceptors (Lipinski definition) is 3. The molecule has 0 saturated carbocycles. The third-order valence-electron chi connectivity index (χ3n) is 2.92. The third kappa shape index (κ3) is 4.98. The van der Waals surface area contributed by atoms with Gasteiger partial charge in [-0.1, -0.05) is 13.8 Å². The third-order valence-corrected chi connectivity index (χ3v) is 2.92. The number of aryl methyl sites for hydroxylation is 2.